The summed E-state index contributed by atoms with van der Waals surface area (Å²) in [7, 11) is 0. The molecule has 5 nitrogen and oxygen atoms in total. The molecule has 1 atom stereocenters. The zero-order valence-corrected chi connectivity index (χ0v) is 18.2. The van der Waals surface area contributed by atoms with Gasteiger partial charge in [-0.3, -0.25) is 4.79 Å². The van der Waals surface area contributed by atoms with Crippen LogP contribution >= 0.6 is 0 Å². The largest absolute Gasteiger partial charge is 0.758 e. The maximum atomic E-state index is 13.5. The molecule has 0 aliphatic heterocycles. The van der Waals surface area contributed by atoms with Gasteiger partial charge in [0.2, 0.25) is 11.8 Å². The van der Waals surface area contributed by atoms with Crippen LogP contribution in [0.2, 0.25) is 0 Å². The van der Waals surface area contributed by atoms with Crippen molar-refractivity contribution >= 4 is 23.5 Å². The van der Waals surface area contributed by atoms with Crippen LogP contribution in [0.4, 0.5) is 0 Å². The monoisotopic (exact) mass is 422 g/mol. The van der Waals surface area contributed by atoms with Crippen LogP contribution in [0.5, 0.6) is 0 Å². The Hall–Kier alpha value is -2.83. The van der Waals surface area contributed by atoms with Gasteiger partial charge >= 0.3 is 0 Å². The number of benzene rings is 1. The van der Waals surface area contributed by atoms with E-state index in [0.29, 0.717) is 16.9 Å². The van der Waals surface area contributed by atoms with Crippen LogP contribution < -0.4 is 4.57 Å². The Labute approximate surface area is 182 Å². The normalized spacial score (nSPS) is 13.3. The van der Waals surface area contributed by atoms with Crippen molar-refractivity contribution in [3.05, 3.63) is 89.6 Å². The molecule has 30 heavy (non-hydrogen) atoms. The molecular weight excluding hydrogens is 396 g/mol. The summed E-state index contributed by atoms with van der Waals surface area (Å²) >= 11 is 5.56. The molecule has 0 saturated carbocycles. The lowest BCUT2D eigenvalue weighted by Crippen LogP contribution is -2.48. The summed E-state index contributed by atoms with van der Waals surface area (Å²) in [6.45, 7) is 6.53. The van der Waals surface area contributed by atoms with E-state index in [9.17, 15) is 9.90 Å². The van der Waals surface area contributed by atoms with Crippen molar-refractivity contribution in [3.8, 4) is 0 Å². The van der Waals surface area contributed by atoms with Gasteiger partial charge in [0, 0.05) is 17.2 Å². The molecule has 0 aliphatic rings. The highest BCUT2D eigenvalue weighted by Crippen LogP contribution is 2.23. The molecule has 0 fully saturated rings. The number of hydrogen-bond acceptors (Lipinski definition) is 5. The van der Waals surface area contributed by atoms with Gasteiger partial charge in [0.15, 0.2) is 12.4 Å². The maximum Gasteiger partial charge on any atom is 0.237 e. The molecule has 6 heteroatoms. The van der Waals surface area contributed by atoms with Crippen molar-refractivity contribution in [2.45, 2.75) is 45.4 Å². The number of ketones is 1. The maximum absolute atomic E-state index is 13.5. The second kappa shape index (κ2) is 9.32. The number of furan rings is 1. The van der Waals surface area contributed by atoms with Crippen molar-refractivity contribution in [3.63, 3.8) is 0 Å². The number of aromatic nitrogens is 1. The molecule has 3 aromatic rings. The fraction of sp³-hybridized carbons (Fsp3) is 0.292. The van der Waals surface area contributed by atoms with Gasteiger partial charge in [-0.05, 0) is 34.2 Å². The number of rotatable bonds is 7. The first-order chi connectivity index (χ1) is 14.3. The van der Waals surface area contributed by atoms with Crippen LogP contribution in [0.25, 0.3) is 0 Å². The third-order valence-electron chi connectivity index (χ3n) is 4.85. The number of aliphatic hydroxyl groups is 1. The number of pyridine rings is 1. The van der Waals surface area contributed by atoms with Crippen molar-refractivity contribution in [1.29, 1.82) is 0 Å². The molecule has 2 heterocycles. The minimum atomic E-state index is -0.790. The van der Waals surface area contributed by atoms with Gasteiger partial charge < -0.3 is 27.1 Å². The minimum Gasteiger partial charge on any atom is -0.758 e. The van der Waals surface area contributed by atoms with Crippen LogP contribution in [-0.2, 0) is 31.2 Å². The Morgan fingerprint density at radius 1 is 1.17 bits per heavy atom. The molecule has 0 amide bonds. The van der Waals surface area contributed by atoms with Gasteiger partial charge in [-0.2, -0.15) is 4.57 Å². The second-order valence-electron chi connectivity index (χ2n) is 8.15. The first-order valence-electron chi connectivity index (χ1n) is 9.78. The number of nitrogens with zero attached hydrogens (tertiary/aromatic N) is 2. The Morgan fingerprint density at radius 2 is 1.90 bits per heavy atom. The highest BCUT2D eigenvalue weighted by Gasteiger charge is 2.29. The smallest absolute Gasteiger partial charge is 0.237 e. The molecule has 156 valence electrons. The van der Waals surface area contributed by atoms with E-state index in [1.165, 1.54) is 0 Å². The number of aliphatic hydroxyl groups excluding tert-OH is 1. The zero-order valence-electron chi connectivity index (χ0n) is 17.4. The van der Waals surface area contributed by atoms with Gasteiger partial charge in [0.25, 0.3) is 0 Å². The van der Waals surface area contributed by atoms with E-state index in [1.54, 1.807) is 41.4 Å². The molecule has 0 bridgehead atoms. The molecule has 0 spiro atoms. The number of hydrogen-bond donors (Lipinski definition) is 1. The number of aliphatic imine (C=N–C) groups is 1. The molecule has 1 N–H and O–H groups in total. The van der Waals surface area contributed by atoms with Gasteiger partial charge in [-0.25, -0.2) is 0 Å². The van der Waals surface area contributed by atoms with Crippen LogP contribution in [0.15, 0.2) is 76.6 Å². The topological polar surface area (TPSA) is 66.7 Å². The predicted molar refractivity (Wildman–Crippen MR) is 118 cm³/mol. The first-order valence-corrected chi connectivity index (χ1v) is 10.2. The fourth-order valence-electron chi connectivity index (χ4n) is 3.11. The van der Waals surface area contributed by atoms with E-state index in [-0.39, 0.29) is 29.4 Å². The lowest BCUT2D eigenvalue weighted by molar-refractivity contribution is -0.692. The molecule has 2 aromatic heterocycles. The number of Topliss-reactive ketones (excluding diaryl/α,β-unsaturated/α-hetero) is 1. The van der Waals surface area contributed by atoms with E-state index in [2.05, 4.69) is 25.8 Å². The quantitative estimate of drug-likeness (QED) is 0.206. The van der Waals surface area contributed by atoms with Crippen molar-refractivity contribution in [2.75, 3.05) is 0 Å². The minimum absolute atomic E-state index is 0.00113. The fourth-order valence-corrected chi connectivity index (χ4v) is 3.40. The summed E-state index contributed by atoms with van der Waals surface area (Å²) in [4.78, 5) is 17.9. The lowest BCUT2D eigenvalue weighted by atomic mass is 9.86. The molecule has 1 aromatic carbocycles. The Balaban J connectivity index is 1.97. The van der Waals surface area contributed by atoms with E-state index in [0.717, 1.165) is 5.56 Å². The van der Waals surface area contributed by atoms with Crippen LogP contribution in [-0.4, -0.2) is 15.9 Å². The number of carbonyl (C=O) groups excluding carboxylic acids is 1. The third-order valence-corrected chi connectivity index (χ3v) is 5.21. The summed E-state index contributed by atoms with van der Waals surface area (Å²) < 4.78 is 7.03. The van der Waals surface area contributed by atoms with E-state index in [4.69, 9.17) is 17.0 Å². The summed E-state index contributed by atoms with van der Waals surface area (Å²) in [6, 6.07) is 14.0. The lowest BCUT2D eigenvalue weighted by Gasteiger charge is -2.21. The standard InChI is InChI=1S/C24H26N2O3S/c1-24(2,3)19-10-8-18(9-11-19)22(28)21(26-12-4-6-17(15-26)16-27)23(30)25-14-20-7-5-13-29-20/h4-13,15,21,27H,14,16H2,1-3H3/t21-/m1/s1. The Bertz CT molecular complexity index is 1020. The van der Waals surface area contributed by atoms with E-state index in [1.807, 2.05) is 30.3 Å². The summed E-state index contributed by atoms with van der Waals surface area (Å²) in [6.07, 6.45) is 5.06. The SMILES string of the molecule is CC(C)(C)c1ccc(C(=O)[C@H](C([S-])=NCc2ccco2)[n+]2cccc(CO)c2)cc1. The summed E-state index contributed by atoms with van der Waals surface area (Å²) in [5.41, 5.74) is 2.40. The third kappa shape index (κ3) is 5.20. The van der Waals surface area contributed by atoms with Crippen LogP contribution in [0.3, 0.4) is 0 Å². The van der Waals surface area contributed by atoms with Crippen molar-refractivity contribution in [1.82, 2.24) is 0 Å². The van der Waals surface area contributed by atoms with Gasteiger partial charge in [0.05, 0.1) is 19.4 Å². The summed E-state index contributed by atoms with van der Waals surface area (Å²) in [5, 5.41) is 9.77. The first kappa shape index (κ1) is 21.9. The highest BCUT2D eigenvalue weighted by molar-refractivity contribution is 7.77. The van der Waals surface area contributed by atoms with Gasteiger partial charge in [-0.1, -0.05) is 45.0 Å². The van der Waals surface area contributed by atoms with Crippen molar-refractivity contribution in [2.24, 2.45) is 4.99 Å². The van der Waals surface area contributed by atoms with E-state index >= 15 is 0 Å². The average Bonchev–Trinajstić information content (AvgIpc) is 3.26. The molecule has 0 radical (unpaired) electrons. The average molecular weight is 423 g/mol. The molecule has 0 saturated heterocycles. The predicted octanol–water partition coefficient (Wildman–Crippen LogP) is 3.93. The van der Waals surface area contributed by atoms with Crippen LogP contribution in [0, 0.1) is 0 Å². The number of carbonyl (C=O) groups is 1. The second-order valence-corrected chi connectivity index (χ2v) is 8.56. The van der Waals surface area contributed by atoms with Crippen LogP contribution in [0.1, 0.15) is 54.1 Å². The van der Waals surface area contributed by atoms with Crippen molar-refractivity contribution < 1.29 is 18.9 Å². The molecule has 0 unspecified atom stereocenters. The summed E-state index contributed by atoms with van der Waals surface area (Å²) in [5.74, 6) is 0.524. The van der Waals surface area contributed by atoms with E-state index < -0.39 is 6.04 Å². The molecule has 3 rings (SSSR count). The Kier molecular flexibility index (Phi) is 6.80. The zero-order chi connectivity index (χ0) is 21.7. The van der Waals surface area contributed by atoms with Gasteiger partial charge in [0.1, 0.15) is 5.76 Å². The molecule has 0 aliphatic carbocycles. The van der Waals surface area contributed by atoms with Gasteiger partial charge in [-0.15, -0.1) is 0 Å². The Morgan fingerprint density at radius 3 is 2.50 bits per heavy atom. The molecular formula is C24H26N2O3S. The highest BCUT2D eigenvalue weighted by atomic mass is 32.1.